The Labute approximate surface area is 94.0 Å². The van der Waals surface area contributed by atoms with E-state index >= 15 is 0 Å². The molecule has 0 radical (unpaired) electrons. The highest BCUT2D eigenvalue weighted by molar-refractivity contribution is 5.78. The van der Waals surface area contributed by atoms with E-state index in [0.29, 0.717) is 17.2 Å². The summed E-state index contributed by atoms with van der Waals surface area (Å²) >= 11 is 0. The Morgan fingerprint density at radius 2 is 2.06 bits per heavy atom. The topological polar surface area (TPSA) is 67.8 Å². The number of anilines is 1. The first-order valence-electron chi connectivity index (χ1n) is 4.80. The molecule has 1 unspecified atom stereocenters. The molecule has 0 spiro atoms. The molecule has 2 N–H and O–H groups in total. The van der Waals surface area contributed by atoms with E-state index in [1.807, 2.05) is 0 Å². The first-order valence-corrected chi connectivity index (χ1v) is 4.80. The van der Waals surface area contributed by atoms with E-state index in [1.165, 1.54) is 7.11 Å². The summed E-state index contributed by atoms with van der Waals surface area (Å²) in [6.45, 7) is 1.56. The normalized spacial score (nSPS) is 11.7. The van der Waals surface area contributed by atoms with Crippen LogP contribution in [0.25, 0.3) is 0 Å². The van der Waals surface area contributed by atoms with Gasteiger partial charge in [0.15, 0.2) is 0 Å². The van der Waals surface area contributed by atoms with Gasteiger partial charge in [0.2, 0.25) is 0 Å². The van der Waals surface area contributed by atoms with Crippen molar-refractivity contribution >= 4 is 11.7 Å². The maximum atomic E-state index is 10.7. The number of methoxy groups -OCH3 is 2. The van der Waals surface area contributed by atoms with E-state index in [4.69, 9.17) is 14.6 Å². The number of rotatable bonds is 5. The highest BCUT2D eigenvalue weighted by Gasteiger charge is 2.13. The molecular weight excluding hydrogens is 210 g/mol. The van der Waals surface area contributed by atoms with E-state index in [0.717, 1.165) is 0 Å². The van der Waals surface area contributed by atoms with Gasteiger partial charge in [0.05, 0.1) is 19.9 Å². The standard InChI is InChI=1S/C11H15NO4/c1-7(11(13)14)12-9-6-8(15-2)4-5-10(9)16-3/h4-7,12H,1-3H3,(H,13,14). The second-order valence-electron chi connectivity index (χ2n) is 3.27. The number of carboxylic acid groups (broad SMARTS) is 1. The van der Waals surface area contributed by atoms with Gasteiger partial charge in [0.25, 0.3) is 0 Å². The molecule has 88 valence electrons. The Hall–Kier alpha value is -1.91. The predicted octanol–water partition coefficient (Wildman–Crippen LogP) is 1.59. The zero-order valence-electron chi connectivity index (χ0n) is 9.48. The number of carboxylic acids is 1. The molecule has 0 amide bonds. The zero-order chi connectivity index (χ0) is 12.1. The van der Waals surface area contributed by atoms with Crippen LogP contribution < -0.4 is 14.8 Å². The molecule has 0 saturated carbocycles. The van der Waals surface area contributed by atoms with Crippen LogP contribution in [0.3, 0.4) is 0 Å². The SMILES string of the molecule is COc1ccc(OC)c(NC(C)C(=O)O)c1. The molecular formula is C11H15NO4. The average molecular weight is 225 g/mol. The quantitative estimate of drug-likeness (QED) is 0.796. The molecule has 5 nitrogen and oxygen atoms in total. The number of aliphatic carboxylic acids is 1. The van der Waals surface area contributed by atoms with Crippen molar-refractivity contribution in [1.82, 2.24) is 0 Å². The minimum Gasteiger partial charge on any atom is -0.497 e. The summed E-state index contributed by atoms with van der Waals surface area (Å²) in [4.78, 5) is 10.7. The van der Waals surface area contributed by atoms with Crippen LogP contribution in [0.15, 0.2) is 18.2 Å². The highest BCUT2D eigenvalue weighted by Crippen LogP contribution is 2.29. The molecule has 0 bridgehead atoms. The fourth-order valence-corrected chi connectivity index (χ4v) is 1.22. The molecule has 0 heterocycles. The fourth-order valence-electron chi connectivity index (χ4n) is 1.22. The van der Waals surface area contributed by atoms with Gasteiger partial charge < -0.3 is 19.9 Å². The molecule has 1 atom stereocenters. The van der Waals surface area contributed by atoms with E-state index < -0.39 is 12.0 Å². The summed E-state index contributed by atoms with van der Waals surface area (Å²) in [7, 11) is 3.07. The molecule has 0 aromatic heterocycles. The average Bonchev–Trinajstić information content (AvgIpc) is 2.28. The monoisotopic (exact) mass is 225 g/mol. The van der Waals surface area contributed by atoms with Gasteiger partial charge in [0.1, 0.15) is 17.5 Å². The van der Waals surface area contributed by atoms with Gasteiger partial charge in [-0.05, 0) is 19.1 Å². The third-order valence-corrected chi connectivity index (χ3v) is 2.15. The van der Waals surface area contributed by atoms with E-state index in [1.54, 1.807) is 32.2 Å². The van der Waals surface area contributed by atoms with Gasteiger partial charge >= 0.3 is 5.97 Å². The van der Waals surface area contributed by atoms with Crippen LogP contribution >= 0.6 is 0 Å². The molecule has 1 aromatic rings. The van der Waals surface area contributed by atoms with Crippen LogP contribution in [0, 0.1) is 0 Å². The number of carbonyl (C=O) groups is 1. The summed E-state index contributed by atoms with van der Waals surface area (Å²) in [5, 5.41) is 11.6. The molecule has 1 aromatic carbocycles. The number of ether oxygens (including phenoxy) is 2. The molecule has 0 saturated heterocycles. The van der Waals surface area contributed by atoms with Crippen LogP contribution in [-0.4, -0.2) is 31.3 Å². The molecule has 0 fully saturated rings. The zero-order valence-corrected chi connectivity index (χ0v) is 9.48. The smallest absolute Gasteiger partial charge is 0.325 e. The van der Waals surface area contributed by atoms with Crippen molar-refractivity contribution in [2.45, 2.75) is 13.0 Å². The molecule has 1 rings (SSSR count). The van der Waals surface area contributed by atoms with E-state index in [9.17, 15) is 4.79 Å². The second kappa shape index (κ2) is 5.25. The number of benzene rings is 1. The van der Waals surface area contributed by atoms with Gasteiger partial charge in [-0.1, -0.05) is 0 Å². The Balaban J connectivity index is 2.95. The van der Waals surface area contributed by atoms with Crippen molar-refractivity contribution in [1.29, 1.82) is 0 Å². The maximum Gasteiger partial charge on any atom is 0.325 e. The molecule has 0 aliphatic carbocycles. The minimum absolute atomic E-state index is 0.578. The number of hydrogen-bond donors (Lipinski definition) is 2. The Kier molecular flexibility index (Phi) is 3.99. The lowest BCUT2D eigenvalue weighted by Crippen LogP contribution is -2.25. The number of hydrogen-bond acceptors (Lipinski definition) is 4. The second-order valence-corrected chi connectivity index (χ2v) is 3.27. The Bertz CT molecular complexity index is 378. The third kappa shape index (κ3) is 2.79. The summed E-state index contributed by atoms with van der Waals surface area (Å²) in [5.41, 5.74) is 0.594. The Morgan fingerprint density at radius 1 is 1.38 bits per heavy atom. The van der Waals surface area contributed by atoms with Crippen LogP contribution in [0.2, 0.25) is 0 Å². The molecule has 5 heteroatoms. The molecule has 0 aliphatic heterocycles. The molecule has 16 heavy (non-hydrogen) atoms. The van der Waals surface area contributed by atoms with Crippen LogP contribution in [0.5, 0.6) is 11.5 Å². The first kappa shape index (κ1) is 12.2. The van der Waals surface area contributed by atoms with Gasteiger partial charge in [0, 0.05) is 6.07 Å². The van der Waals surface area contributed by atoms with Crippen molar-refractivity contribution in [3.63, 3.8) is 0 Å². The lowest BCUT2D eigenvalue weighted by molar-refractivity contribution is -0.137. The fraction of sp³-hybridized carbons (Fsp3) is 0.364. The largest absolute Gasteiger partial charge is 0.497 e. The Morgan fingerprint density at radius 3 is 2.56 bits per heavy atom. The van der Waals surface area contributed by atoms with Crippen molar-refractivity contribution in [2.24, 2.45) is 0 Å². The summed E-state index contributed by atoms with van der Waals surface area (Å²) in [6, 6.07) is 4.46. The van der Waals surface area contributed by atoms with Crippen molar-refractivity contribution < 1.29 is 19.4 Å². The van der Waals surface area contributed by atoms with Crippen LogP contribution in [0.1, 0.15) is 6.92 Å². The van der Waals surface area contributed by atoms with Gasteiger partial charge in [-0.25, -0.2) is 0 Å². The summed E-state index contributed by atoms with van der Waals surface area (Å²) in [5.74, 6) is 0.291. The minimum atomic E-state index is -0.926. The van der Waals surface area contributed by atoms with Crippen molar-refractivity contribution in [2.75, 3.05) is 19.5 Å². The highest BCUT2D eigenvalue weighted by atomic mass is 16.5. The summed E-state index contributed by atoms with van der Waals surface area (Å²) < 4.78 is 10.2. The first-order chi connectivity index (χ1) is 7.58. The van der Waals surface area contributed by atoms with Crippen LogP contribution in [-0.2, 0) is 4.79 Å². The lowest BCUT2D eigenvalue weighted by Gasteiger charge is -2.15. The van der Waals surface area contributed by atoms with Crippen molar-refractivity contribution in [3.8, 4) is 11.5 Å². The van der Waals surface area contributed by atoms with Crippen molar-refractivity contribution in [3.05, 3.63) is 18.2 Å². The van der Waals surface area contributed by atoms with E-state index in [2.05, 4.69) is 5.32 Å². The van der Waals surface area contributed by atoms with Gasteiger partial charge in [-0.2, -0.15) is 0 Å². The predicted molar refractivity (Wildman–Crippen MR) is 60.3 cm³/mol. The molecule has 0 aliphatic rings. The summed E-state index contributed by atoms with van der Waals surface area (Å²) in [6.07, 6.45) is 0. The van der Waals surface area contributed by atoms with Crippen LogP contribution in [0.4, 0.5) is 5.69 Å². The third-order valence-electron chi connectivity index (χ3n) is 2.15. The van der Waals surface area contributed by atoms with Gasteiger partial charge in [-0.3, -0.25) is 4.79 Å². The number of nitrogens with one attached hydrogen (secondary N) is 1. The van der Waals surface area contributed by atoms with Gasteiger partial charge in [-0.15, -0.1) is 0 Å². The maximum absolute atomic E-state index is 10.7. The lowest BCUT2D eigenvalue weighted by atomic mass is 10.2. The van der Waals surface area contributed by atoms with E-state index in [-0.39, 0.29) is 0 Å².